The van der Waals surface area contributed by atoms with Gasteiger partial charge in [-0.2, -0.15) is 0 Å². The number of thioether (sulfide) groups is 1. The van der Waals surface area contributed by atoms with Gasteiger partial charge in [0.05, 0.1) is 6.26 Å². The molecular weight excluding hydrogens is 254 g/mol. The molecule has 0 N–H and O–H groups in total. The highest BCUT2D eigenvalue weighted by Gasteiger charge is 2.23. The SMILES string of the molecule is Cc1occc1CN(C)CC1CSc2ccccc21. The van der Waals surface area contributed by atoms with Crippen molar-refractivity contribution in [2.24, 2.45) is 0 Å². The lowest BCUT2D eigenvalue weighted by molar-refractivity contribution is 0.309. The number of likely N-dealkylation sites (N-methyl/N-ethyl adjacent to an activating group) is 1. The monoisotopic (exact) mass is 273 g/mol. The molecule has 0 saturated carbocycles. The molecule has 1 aliphatic heterocycles. The van der Waals surface area contributed by atoms with Crippen molar-refractivity contribution in [1.29, 1.82) is 0 Å². The molecule has 100 valence electrons. The summed E-state index contributed by atoms with van der Waals surface area (Å²) in [5.74, 6) is 2.89. The second kappa shape index (κ2) is 5.43. The van der Waals surface area contributed by atoms with E-state index in [4.69, 9.17) is 4.42 Å². The summed E-state index contributed by atoms with van der Waals surface area (Å²) in [4.78, 5) is 3.85. The zero-order chi connectivity index (χ0) is 13.2. The summed E-state index contributed by atoms with van der Waals surface area (Å²) in [6.45, 7) is 4.10. The standard InChI is InChI=1S/C16H19NOS/c1-12-13(7-8-18-12)9-17(2)10-14-11-19-16-6-4-3-5-15(14)16/h3-8,14H,9-11H2,1-2H3. The van der Waals surface area contributed by atoms with Crippen molar-refractivity contribution >= 4 is 11.8 Å². The second-order valence-electron chi connectivity index (χ2n) is 5.24. The Balaban J connectivity index is 1.65. The van der Waals surface area contributed by atoms with E-state index in [1.54, 1.807) is 6.26 Å². The summed E-state index contributed by atoms with van der Waals surface area (Å²) in [7, 11) is 2.19. The van der Waals surface area contributed by atoms with E-state index in [0.717, 1.165) is 18.8 Å². The first-order chi connectivity index (χ1) is 9.24. The van der Waals surface area contributed by atoms with Gasteiger partial charge in [-0.15, -0.1) is 11.8 Å². The molecule has 3 rings (SSSR count). The Morgan fingerprint density at radius 1 is 1.32 bits per heavy atom. The fourth-order valence-electron chi connectivity index (χ4n) is 2.69. The lowest BCUT2D eigenvalue weighted by Gasteiger charge is -2.21. The number of rotatable bonds is 4. The van der Waals surface area contributed by atoms with Crippen molar-refractivity contribution < 1.29 is 4.42 Å². The van der Waals surface area contributed by atoms with Gasteiger partial charge in [0.25, 0.3) is 0 Å². The quantitative estimate of drug-likeness (QED) is 0.840. The molecule has 1 aromatic carbocycles. The van der Waals surface area contributed by atoms with Crippen molar-refractivity contribution in [2.45, 2.75) is 24.3 Å². The zero-order valence-electron chi connectivity index (χ0n) is 11.4. The number of fused-ring (bicyclic) bond motifs is 1. The molecule has 3 heteroatoms. The van der Waals surface area contributed by atoms with Gasteiger partial charge in [-0.05, 0) is 31.7 Å². The Kier molecular flexibility index (Phi) is 3.67. The Morgan fingerprint density at radius 3 is 2.95 bits per heavy atom. The maximum atomic E-state index is 5.36. The van der Waals surface area contributed by atoms with Crippen molar-refractivity contribution in [2.75, 3.05) is 19.3 Å². The molecule has 0 saturated heterocycles. The summed E-state index contributed by atoms with van der Waals surface area (Å²) >= 11 is 1.98. The van der Waals surface area contributed by atoms with E-state index in [1.165, 1.54) is 21.8 Å². The molecular formula is C16H19NOS. The summed E-state index contributed by atoms with van der Waals surface area (Å²) in [5.41, 5.74) is 2.81. The first-order valence-electron chi connectivity index (χ1n) is 6.67. The van der Waals surface area contributed by atoms with Crippen LogP contribution in [0.5, 0.6) is 0 Å². The lowest BCUT2D eigenvalue weighted by atomic mass is 10.0. The van der Waals surface area contributed by atoms with Gasteiger partial charge >= 0.3 is 0 Å². The fraction of sp³-hybridized carbons (Fsp3) is 0.375. The van der Waals surface area contributed by atoms with E-state index >= 15 is 0 Å². The van der Waals surface area contributed by atoms with Crippen LogP contribution in [0.15, 0.2) is 45.9 Å². The van der Waals surface area contributed by atoms with Crippen LogP contribution >= 0.6 is 11.8 Å². The number of aryl methyl sites for hydroxylation is 1. The predicted octanol–water partition coefficient (Wildman–Crippen LogP) is 3.91. The zero-order valence-corrected chi connectivity index (χ0v) is 12.2. The first-order valence-corrected chi connectivity index (χ1v) is 7.66. The highest BCUT2D eigenvalue weighted by Crippen LogP contribution is 2.39. The Labute approximate surface area is 118 Å². The van der Waals surface area contributed by atoms with Crippen LogP contribution < -0.4 is 0 Å². The number of furan rings is 1. The smallest absolute Gasteiger partial charge is 0.105 e. The van der Waals surface area contributed by atoms with Gasteiger partial charge in [-0.1, -0.05) is 18.2 Å². The third-order valence-electron chi connectivity index (χ3n) is 3.74. The minimum atomic E-state index is 0.651. The van der Waals surface area contributed by atoms with Gasteiger partial charge in [-0.3, -0.25) is 0 Å². The van der Waals surface area contributed by atoms with Crippen LogP contribution in [0, 0.1) is 6.92 Å². The minimum absolute atomic E-state index is 0.651. The van der Waals surface area contributed by atoms with E-state index in [9.17, 15) is 0 Å². The average molecular weight is 273 g/mol. The van der Waals surface area contributed by atoms with E-state index in [-0.39, 0.29) is 0 Å². The second-order valence-corrected chi connectivity index (χ2v) is 6.31. The van der Waals surface area contributed by atoms with Gasteiger partial charge in [0, 0.05) is 35.2 Å². The third kappa shape index (κ3) is 2.72. The van der Waals surface area contributed by atoms with Crippen molar-refractivity contribution in [3.05, 3.63) is 53.5 Å². The molecule has 0 spiro atoms. The van der Waals surface area contributed by atoms with Gasteiger partial charge in [0.1, 0.15) is 5.76 Å². The highest BCUT2D eigenvalue weighted by atomic mass is 32.2. The van der Waals surface area contributed by atoms with E-state index in [2.05, 4.69) is 42.3 Å². The van der Waals surface area contributed by atoms with Crippen LogP contribution in [0.2, 0.25) is 0 Å². The van der Waals surface area contributed by atoms with Crippen molar-refractivity contribution in [3.8, 4) is 0 Å². The molecule has 0 aliphatic carbocycles. The molecule has 1 aromatic heterocycles. The van der Waals surface area contributed by atoms with Crippen molar-refractivity contribution in [3.63, 3.8) is 0 Å². The minimum Gasteiger partial charge on any atom is -0.469 e. The summed E-state index contributed by atoms with van der Waals surface area (Å²) in [6.07, 6.45) is 1.78. The van der Waals surface area contributed by atoms with Crippen LogP contribution in [0.3, 0.4) is 0 Å². The summed E-state index contributed by atoms with van der Waals surface area (Å²) in [5, 5.41) is 0. The Hall–Kier alpha value is -1.19. The normalized spacial score (nSPS) is 17.9. The fourth-order valence-corrected chi connectivity index (χ4v) is 3.93. The molecule has 2 nitrogen and oxygen atoms in total. The van der Waals surface area contributed by atoms with Gasteiger partial charge in [-0.25, -0.2) is 0 Å². The molecule has 2 aromatic rings. The van der Waals surface area contributed by atoms with E-state index in [0.29, 0.717) is 5.92 Å². The molecule has 0 amide bonds. The third-order valence-corrected chi connectivity index (χ3v) is 4.99. The Bertz CT molecular complexity index is 563. The molecule has 1 unspecified atom stereocenters. The van der Waals surface area contributed by atoms with Gasteiger partial charge in [0.2, 0.25) is 0 Å². The van der Waals surface area contributed by atoms with Crippen LogP contribution in [-0.4, -0.2) is 24.2 Å². The molecule has 19 heavy (non-hydrogen) atoms. The maximum absolute atomic E-state index is 5.36. The van der Waals surface area contributed by atoms with E-state index in [1.807, 2.05) is 18.7 Å². The summed E-state index contributed by atoms with van der Waals surface area (Å²) in [6, 6.07) is 10.9. The topological polar surface area (TPSA) is 16.4 Å². The molecule has 0 bridgehead atoms. The van der Waals surface area contributed by atoms with Crippen molar-refractivity contribution in [1.82, 2.24) is 4.90 Å². The molecule has 2 heterocycles. The molecule has 0 radical (unpaired) electrons. The van der Waals surface area contributed by atoms with Gasteiger partial charge < -0.3 is 9.32 Å². The highest BCUT2D eigenvalue weighted by molar-refractivity contribution is 7.99. The first kappa shape index (κ1) is 12.8. The number of benzene rings is 1. The average Bonchev–Trinajstić information content (AvgIpc) is 2.98. The number of hydrogen-bond acceptors (Lipinski definition) is 3. The van der Waals surface area contributed by atoms with Gasteiger partial charge in [0.15, 0.2) is 0 Å². The maximum Gasteiger partial charge on any atom is 0.105 e. The van der Waals surface area contributed by atoms with Crippen LogP contribution in [-0.2, 0) is 6.54 Å². The van der Waals surface area contributed by atoms with Crippen LogP contribution in [0.1, 0.15) is 22.8 Å². The summed E-state index contributed by atoms with van der Waals surface area (Å²) < 4.78 is 5.36. The molecule has 1 atom stereocenters. The number of hydrogen-bond donors (Lipinski definition) is 0. The molecule has 0 fully saturated rings. The van der Waals surface area contributed by atoms with E-state index < -0.39 is 0 Å². The van der Waals surface area contributed by atoms with Crippen LogP contribution in [0.25, 0.3) is 0 Å². The Morgan fingerprint density at radius 2 is 2.16 bits per heavy atom. The van der Waals surface area contributed by atoms with Crippen LogP contribution in [0.4, 0.5) is 0 Å². The lowest BCUT2D eigenvalue weighted by Crippen LogP contribution is -2.24. The number of nitrogens with zero attached hydrogens (tertiary/aromatic N) is 1. The predicted molar refractivity (Wildman–Crippen MR) is 79.7 cm³/mol. The molecule has 1 aliphatic rings. The largest absolute Gasteiger partial charge is 0.469 e.